The summed E-state index contributed by atoms with van der Waals surface area (Å²) in [4.78, 5) is 35.4. The minimum Gasteiger partial charge on any atom is -0.388 e. The molecule has 0 saturated carbocycles. The minimum absolute atomic E-state index is 0.0609. The average molecular weight is 470 g/mol. The summed E-state index contributed by atoms with van der Waals surface area (Å²) < 4.78 is 77.3. The van der Waals surface area contributed by atoms with Crippen LogP contribution in [0.5, 0.6) is 0 Å². The first-order valence-electron chi connectivity index (χ1n) is 7.20. The fourth-order valence-corrected chi connectivity index (χ4v) is 5.40. The van der Waals surface area contributed by atoms with Gasteiger partial charge in [-0.1, -0.05) is 0 Å². The number of aliphatic hydroxyl groups is 1. The van der Waals surface area contributed by atoms with Gasteiger partial charge in [-0.3, -0.25) is 4.52 Å². The average Bonchev–Trinajstić information content (AvgIpc) is 2.78. The molecule has 0 bridgehead atoms. The van der Waals surface area contributed by atoms with Crippen LogP contribution >= 0.6 is 23.5 Å². The molecule has 1 aliphatic heterocycles. The summed E-state index contributed by atoms with van der Waals surface area (Å²) in [5, 5.41) is 9.86. The Bertz CT molecular complexity index is 888. The zero-order chi connectivity index (χ0) is 21.5. The molecule has 12 nitrogen and oxygen atoms in total. The molecule has 17 heteroatoms. The van der Waals surface area contributed by atoms with Gasteiger partial charge in [0.25, 0.3) is 0 Å². The Labute approximate surface area is 156 Å². The second-order valence-corrected chi connectivity index (χ2v) is 9.99. The summed E-state index contributed by atoms with van der Waals surface area (Å²) in [5.41, 5.74) is -0.124. The van der Waals surface area contributed by atoms with Crippen molar-refractivity contribution in [3.8, 4) is 0 Å². The van der Waals surface area contributed by atoms with Crippen LogP contribution in [0.3, 0.4) is 0 Å². The van der Waals surface area contributed by atoms with Crippen molar-refractivity contribution in [2.45, 2.75) is 31.8 Å². The fourth-order valence-electron chi connectivity index (χ4n) is 2.29. The Morgan fingerprint density at radius 1 is 1.04 bits per heavy atom. The van der Waals surface area contributed by atoms with E-state index < -0.39 is 53.6 Å². The van der Waals surface area contributed by atoms with Crippen molar-refractivity contribution in [1.82, 2.24) is 0 Å². The van der Waals surface area contributed by atoms with Gasteiger partial charge in [-0.2, -0.15) is 8.62 Å². The van der Waals surface area contributed by atoms with Crippen LogP contribution in [0.25, 0.3) is 0 Å². The second kappa shape index (κ2) is 8.27. The number of ether oxygens (including phenoxy) is 1. The molecule has 0 spiro atoms. The summed E-state index contributed by atoms with van der Waals surface area (Å²) in [6, 6.07) is 1.67. The van der Waals surface area contributed by atoms with Crippen molar-refractivity contribution in [3.05, 3.63) is 34.9 Å². The molecule has 28 heavy (non-hydrogen) atoms. The van der Waals surface area contributed by atoms with E-state index in [4.69, 9.17) is 19.4 Å². The van der Waals surface area contributed by atoms with Crippen LogP contribution in [0, 0.1) is 18.6 Å². The number of phosphoric ester groups is 1. The molecule has 0 aromatic heterocycles. The first kappa shape index (κ1) is 23.7. The summed E-state index contributed by atoms with van der Waals surface area (Å²) in [7, 11) is -16.9. The van der Waals surface area contributed by atoms with E-state index in [-0.39, 0.29) is 17.5 Å². The Kier molecular flexibility index (Phi) is 7.00. The number of hydrogen-bond donors (Lipinski definition) is 5. The van der Waals surface area contributed by atoms with Gasteiger partial charge < -0.3 is 29.4 Å². The highest BCUT2D eigenvalue weighted by Crippen LogP contribution is 2.67. The molecule has 0 aliphatic carbocycles. The highest BCUT2D eigenvalue weighted by atomic mass is 31.3. The van der Waals surface area contributed by atoms with E-state index in [1.807, 2.05) is 0 Å². The molecular formula is C11H15F2O12P3. The Morgan fingerprint density at radius 2 is 1.64 bits per heavy atom. The maximum absolute atomic E-state index is 13.9. The molecular weight excluding hydrogens is 455 g/mol. The molecule has 1 aliphatic rings. The van der Waals surface area contributed by atoms with Crippen molar-refractivity contribution >= 4 is 23.5 Å². The molecule has 1 aromatic rings. The quantitative estimate of drug-likeness (QED) is 0.364. The number of rotatable bonds is 7. The molecule has 1 saturated heterocycles. The van der Waals surface area contributed by atoms with Crippen molar-refractivity contribution in [3.63, 3.8) is 0 Å². The van der Waals surface area contributed by atoms with Gasteiger partial charge in [0, 0.05) is 18.1 Å². The third-order valence-corrected chi connectivity index (χ3v) is 7.15. The van der Waals surface area contributed by atoms with E-state index in [2.05, 4.69) is 13.1 Å². The number of aryl methyl sites for hydroxylation is 1. The SMILES string of the molecule is Cc1cc([C@H]2C[C@H](O)[C@@H](OP(=O)(O)OP(=O)(O)OP(=O)(O)O)O2)c(F)cc1F. The predicted molar refractivity (Wildman–Crippen MR) is 84.3 cm³/mol. The van der Waals surface area contributed by atoms with E-state index in [1.165, 1.54) is 6.92 Å². The number of hydrogen-bond acceptors (Lipinski definition) is 8. The summed E-state index contributed by atoms with van der Waals surface area (Å²) >= 11 is 0. The van der Waals surface area contributed by atoms with E-state index in [9.17, 15) is 32.5 Å². The lowest BCUT2D eigenvalue weighted by molar-refractivity contribution is -0.120. The lowest BCUT2D eigenvalue weighted by Gasteiger charge is -2.20. The van der Waals surface area contributed by atoms with Gasteiger partial charge in [0.15, 0.2) is 6.29 Å². The molecule has 1 fully saturated rings. The third-order valence-electron chi connectivity index (χ3n) is 3.35. The first-order valence-corrected chi connectivity index (χ1v) is 11.7. The van der Waals surface area contributed by atoms with Crippen molar-refractivity contribution < 1.29 is 65.0 Å². The molecule has 5 N–H and O–H groups in total. The summed E-state index contributed by atoms with van der Waals surface area (Å²) in [6.07, 6.45) is -5.19. The lowest BCUT2D eigenvalue weighted by atomic mass is 10.0. The molecule has 1 heterocycles. The molecule has 1 aromatic carbocycles. The molecule has 5 atom stereocenters. The van der Waals surface area contributed by atoms with Crippen molar-refractivity contribution in [2.24, 2.45) is 0 Å². The third kappa shape index (κ3) is 6.46. The standard InChI is InChI=1S/C11H15F2O12P3/c1-5-2-6(8(13)3-7(5)12)10-4-9(14)11(22-10)23-27(18,19)25-28(20,21)24-26(15,16)17/h2-3,9-11,14H,4H2,1H3,(H,18,19)(H,20,21)(H2,15,16,17)/t9-,10+,11+/m0/s1. The monoisotopic (exact) mass is 470 g/mol. The fraction of sp³-hybridized carbons (Fsp3) is 0.455. The van der Waals surface area contributed by atoms with Crippen LogP contribution in [0.4, 0.5) is 8.78 Å². The van der Waals surface area contributed by atoms with Crippen LogP contribution in [-0.4, -0.2) is 37.1 Å². The highest BCUT2D eigenvalue weighted by Gasteiger charge is 2.46. The van der Waals surface area contributed by atoms with E-state index in [0.29, 0.717) is 6.07 Å². The Hall–Kier alpha value is -0.590. The highest BCUT2D eigenvalue weighted by molar-refractivity contribution is 7.66. The maximum atomic E-state index is 13.9. The van der Waals surface area contributed by atoms with Crippen LogP contribution in [0.2, 0.25) is 0 Å². The number of phosphoric acid groups is 3. The Morgan fingerprint density at radius 3 is 2.21 bits per heavy atom. The normalized spacial score (nSPS) is 27.4. The topological polar surface area (TPSA) is 189 Å². The van der Waals surface area contributed by atoms with Gasteiger partial charge in [0.05, 0.1) is 6.10 Å². The van der Waals surface area contributed by atoms with Gasteiger partial charge >= 0.3 is 23.5 Å². The molecule has 0 amide bonds. The van der Waals surface area contributed by atoms with Crippen LogP contribution in [0.15, 0.2) is 12.1 Å². The van der Waals surface area contributed by atoms with Crippen LogP contribution in [-0.2, 0) is 31.6 Å². The van der Waals surface area contributed by atoms with E-state index in [0.717, 1.165) is 6.07 Å². The second-order valence-electron chi connectivity index (χ2n) is 5.62. The predicted octanol–water partition coefficient (Wildman–Crippen LogP) is 1.76. The smallest absolute Gasteiger partial charge is 0.388 e. The first-order chi connectivity index (χ1) is 12.6. The van der Waals surface area contributed by atoms with Crippen LogP contribution < -0.4 is 0 Å². The summed E-state index contributed by atoms with van der Waals surface area (Å²) in [5.74, 6) is -1.84. The van der Waals surface area contributed by atoms with Gasteiger partial charge in [0.1, 0.15) is 17.7 Å². The largest absolute Gasteiger partial charge is 0.490 e. The number of halogens is 2. The van der Waals surface area contributed by atoms with Gasteiger partial charge in [-0.05, 0) is 18.6 Å². The molecule has 2 rings (SSSR count). The zero-order valence-electron chi connectivity index (χ0n) is 13.8. The van der Waals surface area contributed by atoms with Gasteiger partial charge in [0.2, 0.25) is 0 Å². The Balaban J connectivity index is 2.11. The van der Waals surface area contributed by atoms with Gasteiger partial charge in [-0.15, -0.1) is 0 Å². The van der Waals surface area contributed by atoms with Crippen LogP contribution in [0.1, 0.15) is 23.7 Å². The van der Waals surface area contributed by atoms with Crippen molar-refractivity contribution in [2.75, 3.05) is 0 Å². The zero-order valence-corrected chi connectivity index (χ0v) is 16.5. The number of benzene rings is 1. The molecule has 0 radical (unpaired) electrons. The van der Waals surface area contributed by atoms with E-state index >= 15 is 0 Å². The summed E-state index contributed by atoms with van der Waals surface area (Å²) in [6.45, 7) is 1.34. The maximum Gasteiger partial charge on any atom is 0.490 e. The lowest BCUT2D eigenvalue weighted by Crippen LogP contribution is -2.23. The minimum atomic E-state index is -5.75. The molecule has 160 valence electrons. The van der Waals surface area contributed by atoms with E-state index in [1.54, 1.807) is 0 Å². The van der Waals surface area contributed by atoms with Crippen molar-refractivity contribution in [1.29, 1.82) is 0 Å². The van der Waals surface area contributed by atoms with Gasteiger partial charge in [-0.25, -0.2) is 22.5 Å². The molecule has 2 unspecified atom stereocenters. The number of aliphatic hydroxyl groups excluding tert-OH is 1.